The molecule has 0 fully saturated rings. The van der Waals surface area contributed by atoms with E-state index in [1.165, 1.54) is 11.1 Å². The van der Waals surface area contributed by atoms with Crippen molar-refractivity contribution >= 4 is 243 Å². The minimum absolute atomic E-state index is 0.746. The summed E-state index contributed by atoms with van der Waals surface area (Å²) in [6, 6.07) is 135. The van der Waals surface area contributed by atoms with Gasteiger partial charge in [0.25, 0.3) is 0 Å². The highest BCUT2D eigenvalue weighted by atomic mass is 16.4. The lowest BCUT2D eigenvalue weighted by Gasteiger charge is -2.29. The summed E-state index contributed by atoms with van der Waals surface area (Å²) in [5.74, 6) is 0. The highest BCUT2D eigenvalue weighted by Gasteiger charge is 2.29. The number of fused-ring (bicyclic) bond motifs is 24. The Kier molecular flexibility index (Phi) is 15.5. The minimum atomic E-state index is 0.746. The van der Waals surface area contributed by atoms with Crippen molar-refractivity contribution in [1.82, 2.24) is 0 Å². The van der Waals surface area contributed by atoms with Gasteiger partial charge >= 0.3 is 0 Å². The van der Waals surface area contributed by atoms with Gasteiger partial charge < -0.3 is 46.1 Å². The first-order chi connectivity index (χ1) is 62.1. The predicted molar refractivity (Wildman–Crippen MR) is 523 cm³/mol. The molecule has 0 radical (unpaired) electrons. The lowest BCUT2D eigenvalue weighted by atomic mass is 9.95. The van der Waals surface area contributed by atoms with Crippen LogP contribution >= 0.6 is 0 Å². The molecule has 0 amide bonds. The fourth-order valence-corrected chi connectivity index (χ4v) is 20.1. The number of para-hydroxylation sites is 9. The Hall–Kier alpha value is -16.6. The zero-order chi connectivity index (χ0) is 83.3. The van der Waals surface area contributed by atoms with E-state index in [2.05, 4.69) is 399 Å². The normalized spacial score (nSPS) is 12.1. The first-order valence-electron chi connectivity index (χ1n) is 42.9. The molecule has 6 aromatic heterocycles. The molecule has 0 N–H and O–H groups in total. The van der Waals surface area contributed by atoms with Crippen molar-refractivity contribution < 1.29 is 26.5 Å². The van der Waals surface area contributed by atoms with Crippen molar-refractivity contribution in [2.45, 2.75) is 27.7 Å². The Morgan fingerprint density at radius 2 is 0.508 bits per heavy atom. The van der Waals surface area contributed by atoms with E-state index in [0.29, 0.717) is 0 Å². The highest BCUT2D eigenvalue weighted by molar-refractivity contribution is 6.32. The summed E-state index contributed by atoms with van der Waals surface area (Å²) in [7, 11) is 0. The van der Waals surface area contributed by atoms with E-state index in [9.17, 15) is 0 Å². The Morgan fingerprint density at radius 3 is 0.952 bits per heavy atom. The van der Waals surface area contributed by atoms with Crippen LogP contribution in [0.15, 0.2) is 403 Å². The summed E-state index contributed by atoms with van der Waals surface area (Å²) >= 11 is 0. The van der Waals surface area contributed by atoms with E-state index >= 15 is 0 Å². The van der Waals surface area contributed by atoms with Gasteiger partial charge in [0.1, 0.15) is 55.8 Å². The fourth-order valence-electron chi connectivity index (χ4n) is 20.1. The van der Waals surface area contributed by atoms with Crippen LogP contribution < -0.4 is 19.6 Å². The maximum Gasteiger partial charge on any atom is 0.159 e. The smallest absolute Gasteiger partial charge is 0.159 e. The van der Waals surface area contributed by atoms with Crippen LogP contribution in [0.1, 0.15) is 22.3 Å². The molecule has 0 aliphatic carbocycles. The molecule has 20 aromatic carbocycles. The number of anilines is 12. The van der Waals surface area contributed by atoms with Gasteiger partial charge in [-0.1, -0.05) is 188 Å². The molecule has 0 bridgehead atoms. The van der Waals surface area contributed by atoms with E-state index in [-0.39, 0.29) is 0 Å². The van der Waals surface area contributed by atoms with Gasteiger partial charge in [-0.05, 0) is 287 Å². The third kappa shape index (κ3) is 11.0. The average molecular weight is 1620 g/mol. The van der Waals surface area contributed by atoms with Crippen molar-refractivity contribution in [2.75, 3.05) is 19.6 Å². The zero-order valence-electron chi connectivity index (χ0n) is 69.0. The molecule has 0 saturated carbocycles. The van der Waals surface area contributed by atoms with Gasteiger partial charge in [0.15, 0.2) is 11.2 Å². The standard InChI is InChI=1S/C116H74N4O6/c1-67-23-11-16-34-95(67)119(96-35-17-12-24-68(96)2)84-49-45-72-57-91-105(62-78(72)55-84)121-103-51-52-104-111(110(91)103)92-58-73-46-50-85(56-79(73)63-106(92)122-104)120(97-36-18-13-25-69(97)3)100-61-75(42-41-70(100)4)90-66-109-112(93-59-71-43-47-82(53-76(71)64-107(93)123-109)117(80-26-7-5-8-27-80)98-37-21-32-88-86-30-14-19-39-101(86)124-114(88)98)113-94-60-74-44-48-83(54-77(74)65-108(94)126-116(90)113)118(81-28-9-6-10-29-81)99-38-22-33-89-87-31-15-20-40-102(87)125-115(89)99/h5-66H,1-4H3. The molecule has 126 heavy (non-hydrogen) atoms. The van der Waals surface area contributed by atoms with Crippen LogP contribution in [-0.4, -0.2) is 0 Å². The monoisotopic (exact) mass is 1620 g/mol. The quantitative estimate of drug-likeness (QED) is 0.111. The van der Waals surface area contributed by atoms with Crippen LogP contribution in [0.5, 0.6) is 0 Å². The lowest BCUT2D eigenvalue weighted by Crippen LogP contribution is -2.12. The number of hydrogen-bond acceptors (Lipinski definition) is 10. The van der Waals surface area contributed by atoms with E-state index in [4.69, 9.17) is 26.5 Å². The number of benzene rings is 20. The molecule has 0 saturated heterocycles. The van der Waals surface area contributed by atoms with Crippen LogP contribution in [0, 0.1) is 27.7 Å². The van der Waals surface area contributed by atoms with Gasteiger partial charge in [0.2, 0.25) is 0 Å². The second kappa shape index (κ2) is 27.5. The van der Waals surface area contributed by atoms with Crippen LogP contribution in [0.25, 0.3) is 186 Å². The molecule has 10 nitrogen and oxygen atoms in total. The van der Waals surface area contributed by atoms with E-state index in [1.807, 2.05) is 24.3 Å². The van der Waals surface area contributed by atoms with E-state index in [1.54, 1.807) is 0 Å². The van der Waals surface area contributed by atoms with Gasteiger partial charge in [0, 0.05) is 127 Å². The largest absolute Gasteiger partial charge is 0.456 e. The van der Waals surface area contributed by atoms with Crippen LogP contribution in [0.2, 0.25) is 0 Å². The van der Waals surface area contributed by atoms with E-state index in [0.717, 1.165) is 265 Å². The summed E-state index contributed by atoms with van der Waals surface area (Å²) < 4.78 is 42.4. The number of nitrogens with zero attached hydrogens (tertiary/aromatic N) is 4. The maximum atomic E-state index is 7.61. The van der Waals surface area contributed by atoms with Crippen molar-refractivity contribution in [2.24, 2.45) is 0 Å². The Balaban J connectivity index is 0.628. The first kappa shape index (κ1) is 71.2. The molecule has 6 heterocycles. The van der Waals surface area contributed by atoms with Gasteiger partial charge in [0.05, 0.1) is 11.4 Å². The maximum absolute atomic E-state index is 7.61. The molecule has 0 aliphatic rings. The molecule has 0 atom stereocenters. The summed E-state index contributed by atoms with van der Waals surface area (Å²) in [5.41, 5.74) is 28.3. The molecule has 26 aromatic rings. The second-order valence-electron chi connectivity index (χ2n) is 33.6. The van der Waals surface area contributed by atoms with E-state index < -0.39 is 0 Å². The Bertz CT molecular complexity index is 9050. The molecule has 0 spiro atoms. The van der Waals surface area contributed by atoms with Gasteiger partial charge in [-0.15, -0.1) is 0 Å². The van der Waals surface area contributed by atoms with Gasteiger partial charge in [-0.2, -0.15) is 0 Å². The number of hydrogen-bond donors (Lipinski definition) is 0. The Labute approximate surface area is 721 Å². The van der Waals surface area contributed by atoms with Crippen molar-refractivity contribution in [3.05, 3.63) is 398 Å². The molecular formula is C116H74N4O6. The molecule has 26 rings (SSSR count). The lowest BCUT2D eigenvalue weighted by molar-refractivity contribution is 0.663. The number of rotatable bonds is 13. The predicted octanol–water partition coefficient (Wildman–Crippen LogP) is 34.5. The number of aryl methyl sites for hydroxylation is 4. The van der Waals surface area contributed by atoms with Crippen molar-refractivity contribution in [3.8, 4) is 11.1 Å². The fraction of sp³-hybridized carbons (Fsp3) is 0.0345. The summed E-state index contributed by atoms with van der Waals surface area (Å²) in [5, 5.41) is 20.9. The molecule has 0 aliphatic heterocycles. The summed E-state index contributed by atoms with van der Waals surface area (Å²) in [6.45, 7) is 8.76. The zero-order valence-corrected chi connectivity index (χ0v) is 69.0. The topological polar surface area (TPSA) is 91.8 Å². The molecular weight excluding hydrogens is 1550 g/mol. The van der Waals surface area contributed by atoms with Gasteiger partial charge in [-0.3, -0.25) is 0 Å². The molecule has 0 unspecified atom stereocenters. The van der Waals surface area contributed by atoms with Crippen LogP contribution in [0.3, 0.4) is 0 Å². The minimum Gasteiger partial charge on any atom is -0.456 e. The van der Waals surface area contributed by atoms with Crippen molar-refractivity contribution in [1.29, 1.82) is 0 Å². The number of furan rings is 6. The molecule has 10 heteroatoms. The van der Waals surface area contributed by atoms with Crippen LogP contribution in [-0.2, 0) is 0 Å². The average Bonchev–Trinajstić information content (AvgIpc) is 1.54. The van der Waals surface area contributed by atoms with Gasteiger partial charge in [-0.25, -0.2) is 0 Å². The SMILES string of the molecule is Cc1ccccc1N(c1ccc2cc3c(cc2c1)oc1ccc2oc4cc5cc(N(c6ccccc6C)c6cc(-c7cc8oc9cc%10cc(N(c%11ccccc%11)c%11cccc%12c%11oc%11ccccc%11%12)ccc%10cc9c8c8c7oc7cc9cc(N(c%10ccccc%10)c%10cccc%11c%10oc%10ccccc%10%11)ccc9cc78)ccc6C)ccc5cc4c2c13)c1ccccc1C. The second-order valence-corrected chi connectivity index (χ2v) is 33.6. The third-order valence-electron chi connectivity index (χ3n) is 26.2. The molecule has 594 valence electrons. The third-order valence-corrected chi connectivity index (χ3v) is 26.2. The van der Waals surface area contributed by atoms with Crippen LogP contribution in [0.4, 0.5) is 68.2 Å². The Morgan fingerprint density at radius 1 is 0.167 bits per heavy atom. The highest BCUT2D eigenvalue weighted by Crippen LogP contribution is 2.53. The summed E-state index contributed by atoms with van der Waals surface area (Å²) in [4.78, 5) is 9.38. The summed E-state index contributed by atoms with van der Waals surface area (Å²) in [6.07, 6.45) is 0. The van der Waals surface area contributed by atoms with Crippen molar-refractivity contribution in [3.63, 3.8) is 0 Å². The first-order valence-corrected chi connectivity index (χ1v) is 42.9.